The molecule has 0 fully saturated rings. The minimum atomic E-state index is 0.281. The van der Waals surface area contributed by atoms with E-state index in [1.807, 2.05) is 0 Å². The highest BCUT2D eigenvalue weighted by Crippen LogP contribution is 2.25. The molecule has 0 saturated carbocycles. The zero-order chi connectivity index (χ0) is 7.56. The topological polar surface area (TPSA) is 4.36 Å². The summed E-state index contributed by atoms with van der Waals surface area (Å²) in [7, 11) is 0. The molecular weight excluding hydrogens is 122 g/mol. The van der Waals surface area contributed by atoms with Gasteiger partial charge >= 0.3 is 0 Å². The van der Waals surface area contributed by atoms with Crippen molar-refractivity contribution in [1.29, 1.82) is 0 Å². The first-order chi connectivity index (χ1) is 4.74. The van der Waals surface area contributed by atoms with Crippen molar-refractivity contribution in [2.24, 2.45) is 0 Å². The minimum absolute atomic E-state index is 0.281. The summed E-state index contributed by atoms with van der Waals surface area (Å²) in [5, 5.41) is 0. The van der Waals surface area contributed by atoms with Crippen LogP contribution in [0.5, 0.6) is 0 Å². The van der Waals surface area contributed by atoms with Gasteiger partial charge in [-0.05, 0) is 20.3 Å². The van der Waals surface area contributed by atoms with Crippen LogP contribution in [0.4, 0.5) is 0 Å². The van der Waals surface area contributed by atoms with Crippen LogP contribution in [0.25, 0.3) is 4.85 Å². The van der Waals surface area contributed by atoms with E-state index in [1.54, 1.807) is 0 Å². The Balaban J connectivity index is 2.64. The Hall–Kier alpha value is -0.770. The van der Waals surface area contributed by atoms with Crippen LogP contribution in [0.15, 0.2) is 11.1 Å². The van der Waals surface area contributed by atoms with E-state index in [4.69, 9.17) is 6.57 Å². The first-order valence-electron chi connectivity index (χ1n) is 3.76. The molecule has 54 valence electrons. The van der Waals surface area contributed by atoms with E-state index < -0.39 is 0 Å². The first kappa shape index (κ1) is 7.34. The summed E-state index contributed by atoms with van der Waals surface area (Å²) >= 11 is 0. The number of rotatable bonds is 0. The molecule has 1 heteroatoms. The molecule has 0 N–H and O–H groups in total. The van der Waals surface area contributed by atoms with Crippen LogP contribution in [-0.4, -0.2) is 6.04 Å². The van der Waals surface area contributed by atoms with E-state index in [9.17, 15) is 0 Å². The summed E-state index contributed by atoms with van der Waals surface area (Å²) < 4.78 is 0. The van der Waals surface area contributed by atoms with Crippen molar-refractivity contribution in [1.82, 2.24) is 0 Å². The molecule has 0 aromatic heterocycles. The van der Waals surface area contributed by atoms with Crippen LogP contribution in [0.3, 0.4) is 0 Å². The maximum Gasteiger partial charge on any atom is 0.227 e. The third-order valence-electron chi connectivity index (χ3n) is 2.31. The molecule has 1 aliphatic carbocycles. The predicted octanol–water partition coefficient (Wildman–Crippen LogP) is 2.79. The average Bonchev–Trinajstić information content (AvgIpc) is 1.95. The van der Waals surface area contributed by atoms with Gasteiger partial charge in [0.1, 0.15) is 0 Å². The summed E-state index contributed by atoms with van der Waals surface area (Å²) in [6.07, 6.45) is 3.22. The van der Waals surface area contributed by atoms with Gasteiger partial charge in [0.25, 0.3) is 0 Å². The van der Waals surface area contributed by atoms with Gasteiger partial charge in [-0.25, -0.2) is 6.57 Å². The lowest BCUT2D eigenvalue weighted by Crippen LogP contribution is -2.09. The Kier molecular flexibility index (Phi) is 2.11. The van der Waals surface area contributed by atoms with Crippen molar-refractivity contribution in [3.05, 3.63) is 22.6 Å². The molecule has 0 bridgehead atoms. The van der Waals surface area contributed by atoms with Crippen LogP contribution >= 0.6 is 0 Å². The molecule has 0 spiro atoms. The molecule has 0 saturated heterocycles. The van der Waals surface area contributed by atoms with Gasteiger partial charge in [0.2, 0.25) is 6.04 Å². The molecule has 10 heavy (non-hydrogen) atoms. The lowest BCUT2D eigenvalue weighted by Gasteiger charge is -2.15. The average molecular weight is 135 g/mol. The van der Waals surface area contributed by atoms with E-state index in [1.165, 1.54) is 11.1 Å². The normalized spacial score (nSPS) is 26.3. The number of allylic oxidation sites excluding steroid dienone is 1. The molecular formula is C9H13N. The number of nitrogens with zero attached hydrogens (tertiary/aromatic N) is 1. The summed E-state index contributed by atoms with van der Waals surface area (Å²) in [6.45, 7) is 11.2. The van der Waals surface area contributed by atoms with E-state index in [-0.39, 0.29) is 6.04 Å². The second-order valence-corrected chi connectivity index (χ2v) is 3.09. The highest BCUT2D eigenvalue weighted by Gasteiger charge is 2.19. The van der Waals surface area contributed by atoms with Gasteiger partial charge in [-0.2, -0.15) is 0 Å². The Morgan fingerprint density at radius 1 is 1.40 bits per heavy atom. The molecule has 0 aliphatic heterocycles. The van der Waals surface area contributed by atoms with Crippen LogP contribution < -0.4 is 0 Å². The molecule has 0 heterocycles. The van der Waals surface area contributed by atoms with Gasteiger partial charge in [-0.15, -0.1) is 0 Å². The zero-order valence-corrected chi connectivity index (χ0v) is 6.65. The first-order valence-corrected chi connectivity index (χ1v) is 3.76. The summed E-state index contributed by atoms with van der Waals surface area (Å²) in [6, 6.07) is 0.281. The van der Waals surface area contributed by atoms with E-state index in [0.29, 0.717) is 0 Å². The lowest BCUT2D eigenvalue weighted by molar-refractivity contribution is 0.632. The highest BCUT2D eigenvalue weighted by molar-refractivity contribution is 5.16. The monoisotopic (exact) mass is 135 g/mol. The second-order valence-electron chi connectivity index (χ2n) is 3.09. The summed E-state index contributed by atoms with van der Waals surface area (Å²) in [5.41, 5.74) is 2.94. The van der Waals surface area contributed by atoms with E-state index >= 15 is 0 Å². The molecule has 1 atom stereocenters. The van der Waals surface area contributed by atoms with Crippen molar-refractivity contribution in [3.63, 3.8) is 0 Å². The maximum atomic E-state index is 6.86. The van der Waals surface area contributed by atoms with Gasteiger partial charge in [-0.1, -0.05) is 11.1 Å². The quantitative estimate of drug-likeness (QED) is 0.355. The second kappa shape index (κ2) is 2.88. The summed E-state index contributed by atoms with van der Waals surface area (Å²) in [4.78, 5) is 3.55. The van der Waals surface area contributed by atoms with Crippen molar-refractivity contribution in [2.45, 2.75) is 39.2 Å². The Morgan fingerprint density at radius 3 is 2.60 bits per heavy atom. The smallest absolute Gasteiger partial charge is 0.227 e. The van der Waals surface area contributed by atoms with Crippen molar-refractivity contribution < 1.29 is 0 Å². The van der Waals surface area contributed by atoms with Gasteiger partial charge in [0, 0.05) is 12.8 Å². The molecule has 0 radical (unpaired) electrons. The summed E-state index contributed by atoms with van der Waals surface area (Å²) in [5.74, 6) is 0. The van der Waals surface area contributed by atoms with Gasteiger partial charge in [0.15, 0.2) is 0 Å². The van der Waals surface area contributed by atoms with Gasteiger partial charge < -0.3 is 4.85 Å². The maximum absolute atomic E-state index is 6.86. The minimum Gasteiger partial charge on any atom is -0.313 e. The Labute approximate surface area is 62.6 Å². The molecule has 1 unspecified atom stereocenters. The predicted molar refractivity (Wildman–Crippen MR) is 42.6 cm³/mol. The third kappa shape index (κ3) is 1.39. The van der Waals surface area contributed by atoms with Crippen LogP contribution in [0.2, 0.25) is 0 Å². The molecule has 1 nitrogen and oxygen atoms in total. The molecule has 0 amide bonds. The van der Waals surface area contributed by atoms with Crippen LogP contribution in [0, 0.1) is 6.57 Å². The molecule has 1 rings (SSSR count). The van der Waals surface area contributed by atoms with E-state index in [0.717, 1.165) is 19.3 Å². The number of hydrogen-bond donors (Lipinski definition) is 0. The molecule has 1 aliphatic rings. The van der Waals surface area contributed by atoms with E-state index in [2.05, 4.69) is 18.7 Å². The fourth-order valence-corrected chi connectivity index (χ4v) is 1.34. The third-order valence-corrected chi connectivity index (χ3v) is 2.31. The van der Waals surface area contributed by atoms with Crippen molar-refractivity contribution in [3.8, 4) is 0 Å². The highest BCUT2D eigenvalue weighted by atomic mass is 14.7. The molecule has 0 aromatic rings. The standard InChI is InChI=1S/C9H13N/c1-7-4-5-9(10-3)6-8(7)2/h9H,4-6H2,1-2H3. The lowest BCUT2D eigenvalue weighted by atomic mass is 9.90. The Morgan fingerprint density at radius 2 is 2.10 bits per heavy atom. The largest absolute Gasteiger partial charge is 0.313 e. The van der Waals surface area contributed by atoms with Crippen molar-refractivity contribution in [2.75, 3.05) is 0 Å². The SMILES string of the molecule is [C-]#[N+]C1CCC(C)=C(C)C1. The van der Waals surface area contributed by atoms with Crippen molar-refractivity contribution >= 4 is 0 Å². The Bertz CT molecular complexity index is 195. The fourth-order valence-electron chi connectivity index (χ4n) is 1.34. The number of hydrogen-bond acceptors (Lipinski definition) is 0. The van der Waals surface area contributed by atoms with Gasteiger partial charge in [-0.3, -0.25) is 0 Å². The fraction of sp³-hybridized carbons (Fsp3) is 0.667. The zero-order valence-electron chi connectivity index (χ0n) is 6.65. The van der Waals surface area contributed by atoms with Gasteiger partial charge in [0.05, 0.1) is 0 Å². The van der Waals surface area contributed by atoms with Crippen LogP contribution in [-0.2, 0) is 0 Å². The van der Waals surface area contributed by atoms with Crippen LogP contribution in [0.1, 0.15) is 33.1 Å². The molecule has 0 aromatic carbocycles.